The number of nitrogens with zero attached hydrogens (tertiary/aromatic N) is 12. The summed E-state index contributed by atoms with van der Waals surface area (Å²) in [5.74, 6) is 2.86. The lowest BCUT2D eigenvalue weighted by Crippen LogP contribution is -2.59. The molecule has 2 unspecified atom stereocenters. The molecule has 0 saturated carbocycles. The van der Waals surface area contributed by atoms with Crippen LogP contribution in [0.4, 0.5) is 0 Å². The molecule has 0 spiro atoms. The van der Waals surface area contributed by atoms with Gasteiger partial charge in [0.15, 0.2) is 17.1 Å². The van der Waals surface area contributed by atoms with E-state index in [4.69, 9.17) is 29.0 Å². The molecule has 8 aromatic rings. The lowest BCUT2D eigenvalue weighted by atomic mass is 9.91. The fourth-order valence-electron chi connectivity index (χ4n) is 11.1. The van der Waals surface area contributed by atoms with Gasteiger partial charge in [0.1, 0.15) is 0 Å². The van der Waals surface area contributed by atoms with E-state index in [2.05, 4.69) is 129 Å². The summed E-state index contributed by atoms with van der Waals surface area (Å²) in [6, 6.07) is 20.4. The van der Waals surface area contributed by atoms with Crippen LogP contribution in [0.3, 0.4) is 0 Å². The number of likely N-dealkylation sites (tertiary alicyclic amines) is 2. The third-order valence-electron chi connectivity index (χ3n) is 15.0. The molecule has 2 aliphatic rings. The van der Waals surface area contributed by atoms with Crippen molar-refractivity contribution in [2.45, 2.75) is 117 Å². The van der Waals surface area contributed by atoms with Gasteiger partial charge in [0.2, 0.25) is 23.6 Å². The number of aromatic nitrogens is 10. The van der Waals surface area contributed by atoms with Crippen molar-refractivity contribution in [1.82, 2.24) is 70.0 Å². The summed E-state index contributed by atoms with van der Waals surface area (Å²) in [7, 11) is 3.85. The molecule has 0 aliphatic carbocycles. The molecule has 2 atom stereocenters. The van der Waals surface area contributed by atoms with Gasteiger partial charge < -0.3 is 19.5 Å². The van der Waals surface area contributed by atoms with Crippen LogP contribution in [0, 0.1) is 27.7 Å². The first kappa shape index (κ1) is 49.1. The van der Waals surface area contributed by atoms with Gasteiger partial charge in [-0.15, -0.1) is 20.4 Å². The molecule has 2 saturated heterocycles. The molecule has 17 nitrogen and oxygen atoms in total. The highest BCUT2D eigenvalue weighted by atomic mass is 16.4. The number of carbonyl (C=O) groups is 1. The summed E-state index contributed by atoms with van der Waals surface area (Å²) in [6.07, 6.45) is 6.50. The van der Waals surface area contributed by atoms with E-state index in [9.17, 15) is 4.79 Å². The van der Waals surface area contributed by atoms with Crippen LogP contribution >= 0.6 is 0 Å². The Labute approximate surface area is 421 Å². The van der Waals surface area contributed by atoms with Gasteiger partial charge in [0, 0.05) is 82.8 Å². The van der Waals surface area contributed by atoms with Crippen molar-refractivity contribution in [3.05, 3.63) is 129 Å². The fourth-order valence-corrected chi connectivity index (χ4v) is 11.1. The van der Waals surface area contributed by atoms with Crippen molar-refractivity contribution in [3.63, 3.8) is 0 Å². The van der Waals surface area contributed by atoms with E-state index in [-0.39, 0.29) is 29.7 Å². The SMILES string of the molecule is CCc1nn2c(C)cc(C)nc2c1Cc1ccc(-c2nnc(C3CCN(C(CNC)C(=O)C(CNC)N4CCC(c5nnc(-c6ccc(Cc7c(CC)nn8c(C)cc(C)nc78)cc6)o5)CC4)CC3)o2)cc1. The highest BCUT2D eigenvalue weighted by Gasteiger charge is 2.39. The van der Waals surface area contributed by atoms with E-state index in [1.807, 2.05) is 37.0 Å². The first-order chi connectivity index (χ1) is 35.0. The molecular formula is C55H68N14O3. The monoisotopic (exact) mass is 973 g/mol. The summed E-state index contributed by atoms with van der Waals surface area (Å²) in [5, 5.41) is 34.4. The number of nitrogens with one attached hydrogen (secondary N) is 2. The maximum atomic E-state index is 14.6. The molecule has 2 aromatic carbocycles. The zero-order chi connectivity index (χ0) is 50.0. The minimum absolute atomic E-state index is 0.126. The topological polar surface area (TPSA) is 186 Å². The average Bonchev–Trinajstić information content (AvgIpc) is 4.22. The number of benzene rings is 2. The number of hydrogen-bond acceptors (Lipinski definition) is 15. The normalized spacial score (nSPS) is 16.3. The highest BCUT2D eigenvalue weighted by molar-refractivity contribution is 5.89. The summed E-state index contributed by atoms with van der Waals surface area (Å²) >= 11 is 0. The van der Waals surface area contributed by atoms with Crippen LogP contribution < -0.4 is 10.6 Å². The van der Waals surface area contributed by atoms with Crippen LogP contribution in [-0.2, 0) is 30.5 Å². The Morgan fingerprint density at radius 3 is 1.35 bits per heavy atom. The van der Waals surface area contributed by atoms with Crippen LogP contribution in [0.1, 0.15) is 120 Å². The first-order valence-electron chi connectivity index (χ1n) is 25.9. The predicted octanol–water partition coefficient (Wildman–Crippen LogP) is 7.22. The van der Waals surface area contributed by atoms with E-state index in [1.54, 1.807) is 0 Å². The van der Waals surface area contributed by atoms with Crippen LogP contribution in [0.2, 0.25) is 0 Å². The van der Waals surface area contributed by atoms with E-state index >= 15 is 0 Å². The highest BCUT2D eigenvalue weighted by Crippen LogP contribution is 2.34. The number of aryl methyl sites for hydroxylation is 6. The van der Waals surface area contributed by atoms with E-state index in [0.29, 0.717) is 36.7 Å². The quantitative estimate of drug-likeness (QED) is 0.0878. The van der Waals surface area contributed by atoms with E-state index < -0.39 is 0 Å². The lowest BCUT2D eigenvalue weighted by molar-refractivity contribution is -0.130. The Morgan fingerprint density at radius 1 is 0.597 bits per heavy atom. The second-order valence-corrected chi connectivity index (χ2v) is 19.9. The minimum Gasteiger partial charge on any atom is -0.420 e. The van der Waals surface area contributed by atoms with Crippen LogP contribution in [0.15, 0.2) is 69.5 Å². The van der Waals surface area contributed by atoms with Gasteiger partial charge in [-0.05, 0) is 154 Å². The maximum Gasteiger partial charge on any atom is 0.247 e. The van der Waals surface area contributed by atoms with Gasteiger partial charge in [-0.25, -0.2) is 19.0 Å². The van der Waals surface area contributed by atoms with Crippen LogP contribution in [-0.4, -0.2) is 131 Å². The summed E-state index contributed by atoms with van der Waals surface area (Å²) in [5.41, 5.74) is 14.6. The summed E-state index contributed by atoms with van der Waals surface area (Å²) in [6.45, 7) is 16.7. The molecule has 376 valence electrons. The molecule has 6 aromatic heterocycles. The van der Waals surface area contributed by atoms with Crippen LogP contribution in [0.25, 0.3) is 34.2 Å². The van der Waals surface area contributed by atoms with Crippen molar-refractivity contribution in [2.75, 3.05) is 53.4 Å². The maximum absolute atomic E-state index is 14.6. The molecule has 2 aliphatic heterocycles. The molecule has 8 heterocycles. The molecular weight excluding hydrogens is 905 g/mol. The van der Waals surface area contributed by atoms with Gasteiger partial charge >= 0.3 is 0 Å². The zero-order valence-electron chi connectivity index (χ0n) is 43.1. The number of Topliss-reactive ketones (excluding diaryl/α,β-unsaturated/α-hetero) is 1. The van der Waals surface area contributed by atoms with Crippen molar-refractivity contribution in [1.29, 1.82) is 0 Å². The van der Waals surface area contributed by atoms with Crippen molar-refractivity contribution >= 4 is 17.1 Å². The number of rotatable bonds is 18. The average molecular weight is 973 g/mol. The number of fused-ring (bicyclic) bond motifs is 2. The Hall–Kier alpha value is -6.53. The molecule has 0 amide bonds. The third kappa shape index (κ3) is 9.99. The van der Waals surface area contributed by atoms with Crippen molar-refractivity contribution in [3.8, 4) is 22.9 Å². The Bertz CT molecular complexity index is 2940. The van der Waals surface area contributed by atoms with Crippen molar-refractivity contribution in [2.24, 2.45) is 0 Å². The van der Waals surface area contributed by atoms with E-state index in [0.717, 1.165) is 134 Å². The Kier molecular flexibility index (Phi) is 14.5. The van der Waals surface area contributed by atoms with Gasteiger partial charge in [-0.2, -0.15) is 10.2 Å². The molecule has 10 rings (SSSR count). The first-order valence-corrected chi connectivity index (χ1v) is 25.9. The number of carbonyl (C=O) groups excluding carboxylic acids is 1. The van der Waals surface area contributed by atoms with E-state index in [1.165, 1.54) is 22.3 Å². The van der Waals surface area contributed by atoms with Gasteiger partial charge in [-0.1, -0.05) is 38.1 Å². The third-order valence-corrected chi connectivity index (χ3v) is 15.0. The fraction of sp³-hybridized carbons (Fsp3) is 0.473. The second kappa shape index (κ2) is 21.3. The molecule has 2 N–H and O–H groups in total. The number of ketones is 1. The zero-order valence-corrected chi connectivity index (χ0v) is 43.1. The summed E-state index contributed by atoms with van der Waals surface area (Å²) in [4.78, 5) is 29.0. The van der Waals surface area contributed by atoms with Gasteiger partial charge in [0.05, 0.1) is 23.5 Å². The predicted molar refractivity (Wildman–Crippen MR) is 276 cm³/mol. The van der Waals surface area contributed by atoms with Gasteiger partial charge in [0.25, 0.3) is 0 Å². The van der Waals surface area contributed by atoms with Crippen LogP contribution in [0.5, 0.6) is 0 Å². The van der Waals surface area contributed by atoms with Gasteiger partial charge in [-0.3, -0.25) is 14.6 Å². The Morgan fingerprint density at radius 2 is 0.986 bits per heavy atom. The summed E-state index contributed by atoms with van der Waals surface area (Å²) < 4.78 is 16.6. The largest absolute Gasteiger partial charge is 0.420 e. The number of likely N-dealkylation sites (N-methyl/N-ethyl adjacent to an activating group) is 2. The number of piperidine rings is 2. The second-order valence-electron chi connectivity index (χ2n) is 19.9. The van der Waals surface area contributed by atoms with Crippen molar-refractivity contribution < 1.29 is 13.6 Å². The molecule has 0 radical (unpaired) electrons. The molecule has 17 heteroatoms. The smallest absolute Gasteiger partial charge is 0.247 e. The lowest BCUT2D eigenvalue weighted by Gasteiger charge is -2.41. The standard InChI is InChI=1S/C55H68N14O3/c1-9-45-43(50-58-33(3)27-35(5)68(50)64-45)29-37-11-15-39(16-12-37)52-60-62-54(71-52)41-19-23-66(24-20-41)47(31-56-7)49(70)48(32-57-8)67-25-21-42(22-26-67)55-63-61-53(72-55)40-17-13-38(14-18-40)30-44-46(10-2)65-69-36(6)28-34(4)59-51(44)69/h11-18,27-28,41-42,47-48,56-57H,9-10,19-26,29-32H2,1-8H3. The minimum atomic E-state index is -0.259. The molecule has 72 heavy (non-hydrogen) atoms. The molecule has 0 bridgehead atoms. The Balaban J connectivity index is 0.731. The molecule has 2 fully saturated rings. The number of hydrogen-bond donors (Lipinski definition) is 2.